The topological polar surface area (TPSA) is 210 Å². The minimum absolute atomic E-state index is 0.0615. The molecule has 0 saturated carbocycles. The second-order valence-electron chi connectivity index (χ2n) is 15.3. The molecule has 0 bridgehead atoms. The van der Waals surface area contributed by atoms with Gasteiger partial charge in [0.05, 0.1) is 18.3 Å². The van der Waals surface area contributed by atoms with E-state index in [0.29, 0.717) is 37.2 Å². The Labute approximate surface area is 288 Å². The Hall–Kier alpha value is -3.01. The maximum atomic E-state index is 13.0. The quantitative estimate of drug-likeness (QED) is 0.186. The molecule has 2 amide bonds. The number of ether oxygens (including phenoxy) is 2. The normalized spacial score (nSPS) is 30.6. The number of nitrogens with one attached hydrogen (secondary N) is 1. The zero-order chi connectivity index (χ0) is 36.5. The number of carboxylic acid groups (broad SMARTS) is 1. The minimum Gasteiger partial charge on any atom is -0.507 e. The maximum Gasteiger partial charge on any atom is 0.410 e. The van der Waals surface area contributed by atoms with Gasteiger partial charge in [-0.05, 0) is 77.3 Å². The number of phenols is 1. The van der Waals surface area contributed by atoms with Crippen molar-refractivity contribution in [2.75, 3.05) is 39.3 Å². The maximum absolute atomic E-state index is 13.0. The Kier molecular flexibility index (Phi) is 11.9. The molecule has 3 fully saturated rings. The van der Waals surface area contributed by atoms with Crippen LogP contribution in [0.25, 0.3) is 0 Å². The number of carbonyl (C=O) groups is 3. The predicted octanol–water partition coefficient (Wildman–Crippen LogP) is 1.54. The van der Waals surface area contributed by atoms with Gasteiger partial charge in [0.1, 0.15) is 17.5 Å². The molecular formula is C35H55N3O11. The molecule has 3 saturated heterocycles. The van der Waals surface area contributed by atoms with Gasteiger partial charge in [0.2, 0.25) is 0 Å². The highest BCUT2D eigenvalue weighted by Crippen LogP contribution is 2.43. The number of phenolic OH excluding ortho intramolecular Hbond substituents is 1. The summed E-state index contributed by atoms with van der Waals surface area (Å²) in [4.78, 5) is 42.5. The van der Waals surface area contributed by atoms with Crippen LogP contribution >= 0.6 is 0 Å². The molecule has 0 radical (unpaired) electrons. The van der Waals surface area contributed by atoms with E-state index in [-0.39, 0.29) is 49.8 Å². The zero-order valence-corrected chi connectivity index (χ0v) is 29.5. The van der Waals surface area contributed by atoms with E-state index >= 15 is 0 Å². The molecule has 1 aromatic carbocycles. The third-order valence-electron chi connectivity index (χ3n) is 10.6. The van der Waals surface area contributed by atoms with Gasteiger partial charge < -0.3 is 50.3 Å². The third kappa shape index (κ3) is 8.32. The van der Waals surface area contributed by atoms with Crippen LogP contribution in [0.5, 0.6) is 5.75 Å². The molecule has 8 atom stereocenters. The third-order valence-corrected chi connectivity index (χ3v) is 10.6. The average molecular weight is 694 g/mol. The second kappa shape index (κ2) is 15.1. The summed E-state index contributed by atoms with van der Waals surface area (Å²) in [6.07, 6.45) is -4.02. The monoisotopic (exact) mass is 693 g/mol. The lowest BCUT2D eigenvalue weighted by Gasteiger charge is -2.50. The average Bonchev–Trinajstić information content (AvgIpc) is 3.40. The summed E-state index contributed by atoms with van der Waals surface area (Å²) in [6.45, 7) is 11.2. The van der Waals surface area contributed by atoms with Crippen LogP contribution in [-0.2, 0) is 14.3 Å². The number of carbonyl (C=O) groups excluding carboxylic acids is 2. The number of carboxylic acids is 1. The number of aromatic hydroxyl groups is 1. The van der Waals surface area contributed by atoms with E-state index in [0.717, 1.165) is 12.8 Å². The largest absolute Gasteiger partial charge is 0.507 e. The number of aryl methyl sites for hydroxylation is 2. The summed E-state index contributed by atoms with van der Waals surface area (Å²) in [5.41, 5.74) is -1.93. The Morgan fingerprint density at radius 3 is 2.39 bits per heavy atom. The van der Waals surface area contributed by atoms with Crippen LogP contribution in [0.3, 0.4) is 0 Å². The van der Waals surface area contributed by atoms with Crippen molar-refractivity contribution < 1.29 is 54.5 Å². The molecular weight excluding hydrogens is 638 g/mol. The number of hydrogen-bond acceptors (Lipinski definition) is 11. The van der Waals surface area contributed by atoms with Gasteiger partial charge in [-0.2, -0.15) is 0 Å². The molecule has 3 heterocycles. The number of amides is 2. The van der Waals surface area contributed by atoms with Crippen LogP contribution in [0, 0.1) is 25.7 Å². The van der Waals surface area contributed by atoms with E-state index in [4.69, 9.17) is 9.47 Å². The van der Waals surface area contributed by atoms with Crippen molar-refractivity contribution >= 4 is 18.0 Å². The summed E-state index contributed by atoms with van der Waals surface area (Å²) in [6, 6.07) is 3.00. The molecule has 49 heavy (non-hydrogen) atoms. The van der Waals surface area contributed by atoms with E-state index < -0.39 is 65.0 Å². The lowest BCUT2D eigenvalue weighted by molar-refractivity contribution is -0.238. The van der Waals surface area contributed by atoms with E-state index in [1.165, 1.54) is 12.1 Å². The zero-order valence-electron chi connectivity index (χ0n) is 29.5. The van der Waals surface area contributed by atoms with Crippen molar-refractivity contribution in [3.8, 4) is 5.75 Å². The smallest absolute Gasteiger partial charge is 0.410 e. The summed E-state index contributed by atoms with van der Waals surface area (Å²) >= 11 is 0. The van der Waals surface area contributed by atoms with Crippen LogP contribution in [0.2, 0.25) is 0 Å². The van der Waals surface area contributed by atoms with Crippen LogP contribution in [0.15, 0.2) is 12.1 Å². The SMILES string of the molecule is Cc1cc(C(=O)NC[C@@H](O)[C@@H](O)[C@@H]2OC(CCN3CCCC[C@]34CN(C(=O)OC(C)(C)C)C[C@@H]4CO)(C(=O)O)C[C@H](O)C2C)cc(C)c1O. The van der Waals surface area contributed by atoms with Gasteiger partial charge in [0.25, 0.3) is 5.91 Å². The Bertz CT molecular complexity index is 1350. The first-order valence-corrected chi connectivity index (χ1v) is 17.2. The fraction of sp³-hybridized carbons (Fsp3) is 0.743. The lowest BCUT2D eigenvalue weighted by atomic mass is 9.76. The van der Waals surface area contributed by atoms with Crippen molar-refractivity contribution in [1.29, 1.82) is 0 Å². The number of piperidine rings is 1. The fourth-order valence-electron chi connectivity index (χ4n) is 7.73. The van der Waals surface area contributed by atoms with Crippen molar-refractivity contribution in [3.63, 3.8) is 0 Å². The lowest BCUT2D eigenvalue weighted by Crippen LogP contribution is -2.63. The van der Waals surface area contributed by atoms with Crippen molar-refractivity contribution in [1.82, 2.24) is 15.1 Å². The van der Waals surface area contributed by atoms with E-state index in [1.54, 1.807) is 46.4 Å². The van der Waals surface area contributed by atoms with E-state index in [9.17, 15) is 45.0 Å². The van der Waals surface area contributed by atoms with Crippen molar-refractivity contribution in [2.45, 2.75) is 115 Å². The Morgan fingerprint density at radius 1 is 1.14 bits per heavy atom. The standard InChI is InChI=1S/C35H55N3O11/c1-20-13-23(14-21(2)27(20)42)30(44)36-16-26(41)28(43)29-22(3)25(40)15-35(48-29,31(45)46)10-12-38-11-8-7-9-34(38)19-37(17-24(34)18-39)32(47)49-33(4,5)6/h13-14,22,24-26,28-29,39-43H,7-12,15-19H2,1-6H3,(H,36,44)(H,45,46)/t22?,24-,25+,26-,28-,29-,34-,35?/m1/s1. The van der Waals surface area contributed by atoms with Crippen LogP contribution in [0.1, 0.15) is 81.3 Å². The number of rotatable bonds is 10. The van der Waals surface area contributed by atoms with Gasteiger partial charge in [-0.15, -0.1) is 0 Å². The molecule has 0 aliphatic carbocycles. The number of aliphatic carboxylic acids is 1. The van der Waals surface area contributed by atoms with Crippen LogP contribution in [0.4, 0.5) is 4.79 Å². The highest BCUT2D eigenvalue weighted by atomic mass is 16.6. The Balaban J connectivity index is 1.48. The molecule has 14 heteroatoms. The fourth-order valence-corrected chi connectivity index (χ4v) is 7.73. The van der Waals surface area contributed by atoms with Crippen molar-refractivity contribution in [3.05, 3.63) is 28.8 Å². The molecule has 2 unspecified atom stereocenters. The molecule has 7 N–H and O–H groups in total. The number of aliphatic hydroxyl groups excluding tert-OH is 4. The number of nitrogens with zero attached hydrogens (tertiary/aromatic N) is 2. The molecule has 3 aliphatic rings. The van der Waals surface area contributed by atoms with Gasteiger partial charge in [0.15, 0.2) is 5.60 Å². The first-order chi connectivity index (χ1) is 22.8. The molecule has 1 spiro atoms. The number of hydrogen-bond donors (Lipinski definition) is 7. The van der Waals surface area contributed by atoms with Crippen molar-refractivity contribution in [2.24, 2.45) is 11.8 Å². The molecule has 0 aromatic heterocycles. The van der Waals surface area contributed by atoms with Crippen LogP contribution < -0.4 is 5.32 Å². The highest BCUT2D eigenvalue weighted by Gasteiger charge is 2.56. The molecule has 276 valence electrons. The summed E-state index contributed by atoms with van der Waals surface area (Å²) < 4.78 is 11.8. The molecule has 3 aliphatic heterocycles. The summed E-state index contributed by atoms with van der Waals surface area (Å²) in [7, 11) is 0. The first-order valence-electron chi connectivity index (χ1n) is 17.2. The summed E-state index contributed by atoms with van der Waals surface area (Å²) in [5.74, 6) is -2.81. The van der Waals surface area contributed by atoms with Gasteiger partial charge in [0, 0.05) is 68.6 Å². The highest BCUT2D eigenvalue weighted by molar-refractivity contribution is 5.94. The van der Waals surface area contributed by atoms with E-state index in [2.05, 4.69) is 10.2 Å². The van der Waals surface area contributed by atoms with Gasteiger partial charge >= 0.3 is 12.1 Å². The van der Waals surface area contributed by atoms with E-state index in [1.807, 2.05) is 0 Å². The first kappa shape index (κ1) is 38.8. The number of likely N-dealkylation sites (tertiary alicyclic amines) is 2. The molecule has 14 nitrogen and oxygen atoms in total. The summed E-state index contributed by atoms with van der Waals surface area (Å²) in [5, 5.41) is 66.7. The molecule has 4 rings (SSSR count). The Morgan fingerprint density at radius 2 is 1.80 bits per heavy atom. The minimum atomic E-state index is -1.90. The number of aliphatic hydroxyl groups is 4. The predicted molar refractivity (Wildman–Crippen MR) is 178 cm³/mol. The van der Waals surface area contributed by atoms with Gasteiger partial charge in [-0.3, -0.25) is 9.69 Å². The number of benzene rings is 1. The van der Waals surface area contributed by atoms with Crippen LogP contribution in [-0.4, -0.2) is 139 Å². The second-order valence-corrected chi connectivity index (χ2v) is 15.3. The van der Waals surface area contributed by atoms with Gasteiger partial charge in [-0.1, -0.05) is 13.3 Å². The van der Waals surface area contributed by atoms with Gasteiger partial charge in [-0.25, -0.2) is 9.59 Å². The molecule has 1 aromatic rings.